The molecule has 0 bridgehead atoms. The molecule has 0 fully saturated rings. The molecular weight excluding hydrogens is 384 g/mol. The Morgan fingerprint density at radius 2 is 1.89 bits per heavy atom. The van der Waals surface area contributed by atoms with Gasteiger partial charge in [-0.15, -0.1) is 0 Å². The second-order valence-corrected chi connectivity index (χ2v) is 8.76. The van der Waals surface area contributed by atoms with Gasteiger partial charge in [0.15, 0.2) is 5.16 Å². The van der Waals surface area contributed by atoms with E-state index < -0.39 is 10.0 Å². The van der Waals surface area contributed by atoms with Gasteiger partial charge in [-0.25, -0.2) is 18.5 Å². The fraction of sp³-hybridized carbons (Fsp3) is 0.222. The zero-order chi connectivity index (χ0) is 19.8. The van der Waals surface area contributed by atoms with Crippen molar-refractivity contribution >= 4 is 44.4 Å². The second kappa shape index (κ2) is 7.34. The lowest BCUT2D eigenvalue weighted by Gasteiger charge is -2.11. The fourth-order valence-corrected chi connectivity index (χ4v) is 4.10. The van der Waals surface area contributed by atoms with E-state index in [1.54, 1.807) is 6.07 Å². The molecule has 142 valence electrons. The molecule has 3 N–H and O–H groups in total. The predicted octanol–water partition coefficient (Wildman–Crippen LogP) is 2.57. The van der Waals surface area contributed by atoms with E-state index in [1.165, 1.54) is 23.9 Å². The Bertz CT molecular complexity index is 1120. The number of rotatable bonds is 5. The number of para-hydroxylation sites is 1. The summed E-state index contributed by atoms with van der Waals surface area (Å²) in [4.78, 5) is 16.8. The van der Waals surface area contributed by atoms with Crippen LogP contribution in [0.5, 0.6) is 0 Å². The van der Waals surface area contributed by atoms with E-state index in [0.717, 1.165) is 22.3 Å². The molecule has 0 spiro atoms. The molecule has 3 aromatic rings. The van der Waals surface area contributed by atoms with Gasteiger partial charge in [0.05, 0.1) is 21.7 Å². The van der Waals surface area contributed by atoms with Crippen LogP contribution in [0.25, 0.3) is 11.0 Å². The Kier molecular flexibility index (Phi) is 5.27. The van der Waals surface area contributed by atoms with E-state index in [2.05, 4.69) is 10.3 Å². The number of hydrogen-bond donors (Lipinski definition) is 2. The summed E-state index contributed by atoms with van der Waals surface area (Å²) in [5, 5.41) is 8.73. The molecule has 1 aromatic heterocycles. The lowest BCUT2D eigenvalue weighted by molar-refractivity contribution is -0.113. The highest BCUT2D eigenvalue weighted by molar-refractivity contribution is 7.99. The Hall–Kier alpha value is -2.36. The number of nitrogens with one attached hydrogen (secondary N) is 1. The monoisotopic (exact) mass is 404 g/mol. The van der Waals surface area contributed by atoms with Crippen LogP contribution in [-0.2, 0) is 21.9 Å². The highest BCUT2D eigenvalue weighted by atomic mass is 32.2. The number of aromatic nitrogens is 2. The summed E-state index contributed by atoms with van der Waals surface area (Å²) in [7, 11) is -1.97. The molecule has 0 aliphatic heterocycles. The number of imidazole rings is 1. The number of primary sulfonamides is 1. The van der Waals surface area contributed by atoms with Gasteiger partial charge in [0, 0.05) is 12.7 Å². The highest BCUT2D eigenvalue weighted by Crippen LogP contribution is 2.25. The van der Waals surface area contributed by atoms with Gasteiger partial charge in [-0.05, 0) is 43.2 Å². The minimum Gasteiger partial charge on any atom is -0.325 e. The van der Waals surface area contributed by atoms with Crippen LogP contribution in [0.1, 0.15) is 11.1 Å². The number of aryl methyl sites for hydroxylation is 3. The summed E-state index contributed by atoms with van der Waals surface area (Å²) in [5.74, 6) is 0.0576. The number of thioether (sulfide) groups is 1. The number of carbonyl (C=O) groups is 1. The topological polar surface area (TPSA) is 107 Å². The maximum Gasteiger partial charge on any atom is 0.238 e. The van der Waals surface area contributed by atoms with E-state index >= 15 is 0 Å². The third-order valence-corrected chi connectivity index (χ3v) is 6.16. The Morgan fingerprint density at radius 3 is 2.52 bits per heavy atom. The van der Waals surface area contributed by atoms with Gasteiger partial charge in [0.1, 0.15) is 0 Å². The van der Waals surface area contributed by atoms with Crippen molar-refractivity contribution in [2.75, 3.05) is 11.1 Å². The summed E-state index contributed by atoms with van der Waals surface area (Å²) in [6.45, 7) is 3.90. The fourth-order valence-electron chi connectivity index (χ4n) is 2.78. The lowest BCUT2D eigenvalue weighted by atomic mass is 10.1. The lowest BCUT2D eigenvalue weighted by Crippen LogP contribution is -2.16. The standard InChI is InChI=1S/C18H20N4O3S2/c1-11-5-4-6-12(2)17(11)21-16(23)10-26-18-20-14-9-13(27(19,24)25)7-8-15(14)22(18)3/h4-9H,10H2,1-3H3,(H,21,23)(H2,19,24,25). The van der Waals surface area contributed by atoms with E-state index in [9.17, 15) is 13.2 Å². The highest BCUT2D eigenvalue weighted by Gasteiger charge is 2.15. The summed E-state index contributed by atoms with van der Waals surface area (Å²) in [6.07, 6.45) is 0. The molecule has 0 aliphatic rings. The predicted molar refractivity (Wildman–Crippen MR) is 107 cm³/mol. The van der Waals surface area contributed by atoms with Crippen LogP contribution in [-0.4, -0.2) is 29.6 Å². The third-order valence-electron chi connectivity index (χ3n) is 4.22. The molecule has 0 atom stereocenters. The normalized spacial score (nSPS) is 11.7. The Labute approximate surface area is 162 Å². The van der Waals surface area contributed by atoms with Crippen LogP contribution in [0.2, 0.25) is 0 Å². The summed E-state index contributed by atoms with van der Waals surface area (Å²) in [5.41, 5.74) is 4.12. The summed E-state index contributed by atoms with van der Waals surface area (Å²) >= 11 is 1.28. The average Bonchev–Trinajstić information content (AvgIpc) is 2.91. The largest absolute Gasteiger partial charge is 0.325 e. The maximum absolute atomic E-state index is 12.3. The van der Waals surface area contributed by atoms with Gasteiger partial charge in [0.2, 0.25) is 15.9 Å². The molecular formula is C18H20N4O3S2. The van der Waals surface area contributed by atoms with Crippen molar-refractivity contribution in [2.24, 2.45) is 12.2 Å². The molecule has 27 heavy (non-hydrogen) atoms. The first kappa shape index (κ1) is 19.4. The smallest absolute Gasteiger partial charge is 0.238 e. The molecule has 1 heterocycles. The van der Waals surface area contributed by atoms with E-state index in [-0.39, 0.29) is 16.6 Å². The number of fused-ring (bicyclic) bond motifs is 1. The zero-order valence-electron chi connectivity index (χ0n) is 15.2. The van der Waals surface area contributed by atoms with Gasteiger partial charge < -0.3 is 9.88 Å². The van der Waals surface area contributed by atoms with Crippen LogP contribution < -0.4 is 10.5 Å². The van der Waals surface area contributed by atoms with Crippen LogP contribution in [0, 0.1) is 13.8 Å². The van der Waals surface area contributed by atoms with Gasteiger partial charge in [-0.1, -0.05) is 30.0 Å². The first-order chi connectivity index (χ1) is 12.7. The van der Waals surface area contributed by atoms with Crippen molar-refractivity contribution in [2.45, 2.75) is 23.9 Å². The third kappa shape index (κ3) is 4.15. The number of anilines is 1. The Balaban J connectivity index is 1.77. The Morgan fingerprint density at radius 1 is 1.22 bits per heavy atom. The number of amides is 1. The summed E-state index contributed by atoms with van der Waals surface area (Å²) in [6, 6.07) is 10.4. The van der Waals surface area contributed by atoms with Crippen molar-refractivity contribution in [1.29, 1.82) is 0 Å². The van der Waals surface area contributed by atoms with Crippen LogP contribution in [0.15, 0.2) is 46.5 Å². The minimum absolute atomic E-state index is 0.0115. The molecule has 0 radical (unpaired) electrons. The summed E-state index contributed by atoms with van der Waals surface area (Å²) < 4.78 is 24.8. The number of carbonyl (C=O) groups excluding carboxylic acids is 1. The molecule has 7 nitrogen and oxygen atoms in total. The molecule has 0 unspecified atom stereocenters. The second-order valence-electron chi connectivity index (χ2n) is 6.25. The molecule has 2 aromatic carbocycles. The number of hydrogen-bond acceptors (Lipinski definition) is 5. The number of nitrogens with two attached hydrogens (primary N) is 1. The number of sulfonamides is 1. The van der Waals surface area contributed by atoms with Crippen molar-refractivity contribution in [1.82, 2.24) is 9.55 Å². The van der Waals surface area contributed by atoms with E-state index in [0.29, 0.717) is 10.7 Å². The molecule has 0 saturated heterocycles. The quantitative estimate of drug-likeness (QED) is 0.636. The minimum atomic E-state index is -3.79. The SMILES string of the molecule is Cc1cccc(C)c1NC(=O)CSc1nc2cc(S(N)(=O)=O)ccc2n1C. The van der Waals surface area contributed by atoms with E-state index in [1.807, 2.05) is 43.7 Å². The molecule has 0 saturated carbocycles. The van der Waals surface area contributed by atoms with Crippen molar-refractivity contribution in [3.05, 3.63) is 47.5 Å². The molecule has 0 aliphatic carbocycles. The first-order valence-corrected chi connectivity index (χ1v) is 10.7. The van der Waals surface area contributed by atoms with Gasteiger partial charge >= 0.3 is 0 Å². The van der Waals surface area contributed by atoms with Crippen molar-refractivity contribution < 1.29 is 13.2 Å². The average molecular weight is 405 g/mol. The molecule has 1 amide bonds. The van der Waals surface area contributed by atoms with Crippen LogP contribution >= 0.6 is 11.8 Å². The van der Waals surface area contributed by atoms with Gasteiger partial charge in [-0.2, -0.15) is 0 Å². The van der Waals surface area contributed by atoms with Crippen molar-refractivity contribution in [3.63, 3.8) is 0 Å². The number of benzene rings is 2. The van der Waals surface area contributed by atoms with Crippen LogP contribution in [0.4, 0.5) is 5.69 Å². The van der Waals surface area contributed by atoms with E-state index in [4.69, 9.17) is 5.14 Å². The maximum atomic E-state index is 12.3. The molecule has 9 heteroatoms. The van der Waals surface area contributed by atoms with Crippen LogP contribution in [0.3, 0.4) is 0 Å². The van der Waals surface area contributed by atoms with Gasteiger partial charge in [-0.3, -0.25) is 4.79 Å². The molecule has 3 rings (SSSR count). The first-order valence-electron chi connectivity index (χ1n) is 8.15. The van der Waals surface area contributed by atoms with Crippen molar-refractivity contribution in [3.8, 4) is 0 Å². The zero-order valence-corrected chi connectivity index (χ0v) is 16.8. The van der Waals surface area contributed by atoms with Gasteiger partial charge in [0.25, 0.3) is 0 Å². The number of nitrogens with zero attached hydrogens (tertiary/aromatic N) is 2.